The summed E-state index contributed by atoms with van der Waals surface area (Å²) in [6.45, 7) is 8.77. The molecule has 0 atom stereocenters. The van der Waals surface area contributed by atoms with Gasteiger partial charge >= 0.3 is 0 Å². The van der Waals surface area contributed by atoms with Gasteiger partial charge in [0.15, 0.2) is 0 Å². The van der Waals surface area contributed by atoms with E-state index in [1.165, 1.54) is 12.8 Å². The number of amides is 1. The fraction of sp³-hybridized carbons (Fsp3) is 0.778. The molecular weight excluding hydrogens is 316 g/mol. The van der Waals surface area contributed by atoms with Gasteiger partial charge in [-0.15, -0.1) is 0 Å². The summed E-state index contributed by atoms with van der Waals surface area (Å²) in [6.07, 6.45) is 6.89. The predicted octanol–water partition coefficient (Wildman–Crippen LogP) is 0.101. The predicted molar refractivity (Wildman–Crippen MR) is 98.4 cm³/mol. The summed E-state index contributed by atoms with van der Waals surface area (Å²) in [7, 11) is 2.18. The van der Waals surface area contributed by atoms with Crippen molar-refractivity contribution < 1.29 is 4.79 Å². The second kappa shape index (κ2) is 9.31. The van der Waals surface area contributed by atoms with Gasteiger partial charge in [0.1, 0.15) is 0 Å². The maximum absolute atomic E-state index is 12.3. The van der Waals surface area contributed by atoms with E-state index in [9.17, 15) is 4.79 Å². The molecule has 140 valence electrons. The minimum Gasteiger partial charge on any atom is -0.340 e. The highest BCUT2D eigenvalue weighted by Gasteiger charge is 2.23. The van der Waals surface area contributed by atoms with Gasteiger partial charge in [-0.05, 0) is 39.0 Å². The number of aromatic nitrogens is 2. The van der Waals surface area contributed by atoms with Gasteiger partial charge < -0.3 is 20.0 Å². The zero-order chi connectivity index (χ0) is 17.5. The number of nitrogens with one attached hydrogen (secondary N) is 1. The summed E-state index contributed by atoms with van der Waals surface area (Å²) in [4.78, 5) is 19.2. The van der Waals surface area contributed by atoms with Gasteiger partial charge in [-0.3, -0.25) is 9.48 Å². The highest BCUT2D eigenvalue weighted by Crippen LogP contribution is 2.16. The quantitative estimate of drug-likeness (QED) is 0.758. The number of likely N-dealkylation sites (tertiary alicyclic amines) is 1. The van der Waals surface area contributed by atoms with E-state index < -0.39 is 0 Å². The summed E-state index contributed by atoms with van der Waals surface area (Å²) >= 11 is 0. The van der Waals surface area contributed by atoms with E-state index >= 15 is 0 Å². The number of carbonyl (C=O) groups is 1. The molecular formula is C18H32N6O. The molecule has 3 rings (SSSR count). The van der Waals surface area contributed by atoms with Crippen molar-refractivity contribution in [3.63, 3.8) is 0 Å². The zero-order valence-electron chi connectivity index (χ0n) is 15.4. The lowest BCUT2D eigenvalue weighted by atomic mass is 10.0. The number of nitrogens with zero attached hydrogens (tertiary/aromatic N) is 5. The van der Waals surface area contributed by atoms with Crippen LogP contribution in [0.25, 0.3) is 0 Å². The van der Waals surface area contributed by atoms with E-state index in [2.05, 4.69) is 27.3 Å². The van der Waals surface area contributed by atoms with Crippen molar-refractivity contribution in [3.8, 4) is 0 Å². The van der Waals surface area contributed by atoms with Crippen LogP contribution in [-0.2, 0) is 11.3 Å². The lowest BCUT2D eigenvalue weighted by Crippen LogP contribution is -2.48. The topological polar surface area (TPSA) is 56.6 Å². The summed E-state index contributed by atoms with van der Waals surface area (Å²) in [5, 5.41) is 7.56. The molecule has 2 fully saturated rings. The average molecular weight is 348 g/mol. The molecule has 1 N–H and O–H groups in total. The van der Waals surface area contributed by atoms with Crippen molar-refractivity contribution in [1.29, 1.82) is 0 Å². The maximum atomic E-state index is 12.3. The molecule has 0 saturated carbocycles. The number of hydrogen-bond acceptors (Lipinski definition) is 5. The number of rotatable bonds is 7. The fourth-order valence-corrected chi connectivity index (χ4v) is 3.79. The Balaban J connectivity index is 1.32. The van der Waals surface area contributed by atoms with Crippen LogP contribution in [0.4, 0.5) is 0 Å². The molecule has 7 nitrogen and oxygen atoms in total. The summed E-state index contributed by atoms with van der Waals surface area (Å²) in [5.74, 6) is 0.310. The van der Waals surface area contributed by atoms with Gasteiger partial charge in [0.2, 0.25) is 5.91 Å². The Morgan fingerprint density at radius 3 is 2.64 bits per heavy atom. The van der Waals surface area contributed by atoms with E-state index in [-0.39, 0.29) is 0 Å². The van der Waals surface area contributed by atoms with Crippen LogP contribution in [0.3, 0.4) is 0 Å². The molecule has 1 aromatic rings. The number of piperazine rings is 1. The molecule has 0 aliphatic carbocycles. The van der Waals surface area contributed by atoms with Crippen LogP contribution in [0.15, 0.2) is 18.5 Å². The first kappa shape index (κ1) is 18.4. The van der Waals surface area contributed by atoms with Gasteiger partial charge in [0.25, 0.3) is 0 Å². The second-order valence-electron chi connectivity index (χ2n) is 7.20. The minimum absolute atomic E-state index is 0.310. The zero-order valence-corrected chi connectivity index (χ0v) is 15.4. The van der Waals surface area contributed by atoms with Crippen LogP contribution in [0, 0.1) is 0 Å². The Kier molecular flexibility index (Phi) is 6.84. The molecule has 2 aliphatic rings. The highest BCUT2D eigenvalue weighted by molar-refractivity contribution is 5.76. The summed E-state index contributed by atoms with van der Waals surface area (Å²) in [6, 6.07) is 2.58. The molecule has 2 saturated heterocycles. The highest BCUT2D eigenvalue weighted by atomic mass is 16.2. The molecule has 7 heteroatoms. The lowest BCUT2D eigenvalue weighted by molar-refractivity contribution is -0.132. The Bertz CT molecular complexity index is 506. The first-order valence-electron chi connectivity index (χ1n) is 9.61. The molecule has 1 aromatic heterocycles. The van der Waals surface area contributed by atoms with Crippen LogP contribution in [0.2, 0.25) is 0 Å². The molecule has 3 heterocycles. The van der Waals surface area contributed by atoms with E-state index in [0.717, 1.165) is 58.9 Å². The van der Waals surface area contributed by atoms with Crippen LogP contribution >= 0.6 is 0 Å². The van der Waals surface area contributed by atoms with E-state index in [1.807, 2.05) is 28.0 Å². The largest absolute Gasteiger partial charge is 0.340 e. The van der Waals surface area contributed by atoms with Crippen molar-refractivity contribution in [2.75, 3.05) is 59.4 Å². The van der Waals surface area contributed by atoms with Crippen LogP contribution in [-0.4, -0.2) is 95.8 Å². The lowest BCUT2D eigenvalue weighted by Gasteiger charge is -2.37. The van der Waals surface area contributed by atoms with Gasteiger partial charge in [-0.1, -0.05) is 0 Å². The molecule has 0 bridgehead atoms. The van der Waals surface area contributed by atoms with E-state index in [4.69, 9.17) is 0 Å². The van der Waals surface area contributed by atoms with Gasteiger partial charge in [0.05, 0.1) is 6.54 Å². The Hall–Kier alpha value is -1.44. The van der Waals surface area contributed by atoms with Crippen molar-refractivity contribution in [1.82, 2.24) is 29.8 Å². The molecule has 25 heavy (non-hydrogen) atoms. The number of piperidine rings is 1. The normalized spacial score (nSPS) is 20.3. The van der Waals surface area contributed by atoms with E-state index in [0.29, 0.717) is 18.4 Å². The van der Waals surface area contributed by atoms with Gasteiger partial charge in [-0.25, -0.2) is 0 Å². The molecule has 0 spiro atoms. The van der Waals surface area contributed by atoms with Gasteiger partial charge in [0, 0.05) is 64.1 Å². The van der Waals surface area contributed by atoms with Crippen molar-refractivity contribution in [2.45, 2.75) is 31.8 Å². The molecule has 0 radical (unpaired) electrons. The van der Waals surface area contributed by atoms with Crippen molar-refractivity contribution in [3.05, 3.63) is 18.5 Å². The molecule has 0 unspecified atom stereocenters. The molecule has 0 aromatic carbocycles. The maximum Gasteiger partial charge on any atom is 0.223 e. The SMILES string of the molecule is CN(CCC(=O)N1CCNCC1)C1CCN(CCn2cccn2)CC1. The van der Waals surface area contributed by atoms with Crippen LogP contribution in [0.1, 0.15) is 19.3 Å². The van der Waals surface area contributed by atoms with Crippen molar-refractivity contribution in [2.24, 2.45) is 0 Å². The molecule has 2 aliphatic heterocycles. The average Bonchev–Trinajstić information content (AvgIpc) is 3.19. The minimum atomic E-state index is 0.310. The van der Waals surface area contributed by atoms with Crippen LogP contribution < -0.4 is 5.32 Å². The monoisotopic (exact) mass is 348 g/mol. The third-order valence-electron chi connectivity index (χ3n) is 5.53. The van der Waals surface area contributed by atoms with E-state index in [1.54, 1.807) is 0 Å². The molecule has 1 amide bonds. The smallest absolute Gasteiger partial charge is 0.223 e. The standard InChI is InChI=1S/C18H32N6O/c1-21(10-5-18(25)23-13-7-19-8-14-23)17-3-11-22(12-4-17)15-16-24-9-2-6-20-24/h2,6,9,17,19H,3-5,7-8,10-16H2,1H3. The Morgan fingerprint density at radius 2 is 1.96 bits per heavy atom. The fourth-order valence-electron chi connectivity index (χ4n) is 3.79. The first-order chi connectivity index (χ1) is 12.2. The number of carbonyl (C=O) groups excluding carboxylic acids is 1. The van der Waals surface area contributed by atoms with Crippen molar-refractivity contribution >= 4 is 5.91 Å². The summed E-state index contributed by atoms with van der Waals surface area (Å²) in [5.41, 5.74) is 0. The Labute approximate surface area is 150 Å². The van der Waals surface area contributed by atoms with Gasteiger partial charge in [-0.2, -0.15) is 5.10 Å². The Morgan fingerprint density at radius 1 is 1.20 bits per heavy atom. The third kappa shape index (κ3) is 5.52. The second-order valence-corrected chi connectivity index (χ2v) is 7.20. The van der Waals surface area contributed by atoms with Crippen LogP contribution in [0.5, 0.6) is 0 Å². The third-order valence-corrected chi connectivity index (χ3v) is 5.53. The summed E-state index contributed by atoms with van der Waals surface area (Å²) < 4.78 is 2.00. The number of hydrogen-bond donors (Lipinski definition) is 1. The first-order valence-corrected chi connectivity index (χ1v) is 9.61.